The van der Waals surface area contributed by atoms with Crippen molar-refractivity contribution in [1.82, 2.24) is 4.90 Å². The molecule has 1 heterocycles. The molecule has 0 aromatic heterocycles. The Morgan fingerprint density at radius 3 is 2.88 bits per heavy atom. The molecule has 0 amide bonds. The SMILES string of the molecule is CC1CCCCCN1Cc1cc(N)cc(F)c1. The Morgan fingerprint density at radius 1 is 1.29 bits per heavy atom. The highest BCUT2D eigenvalue weighted by molar-refractivity contribution is 5.41. The number of likely N-dealkylation sites (tertiary alicyclic amines) is 1. The highest BCUT2D eigenvalue weighted by atomic mass is 19.1. The number of hydrogen-bond acceptors (Lipinski definition) is 2. The first kappa shape index (κ1) is 12.4. The minimum Gasteiger partial charge on any atom is -0.399 e. The van der Waals surface area contributed by atoms with Crippen molar-refractivity contribution in [1.29, 1.82) is 0 Å². The van der Waals surface area contributed by atoms with E-state index < -0.39 is 0 Å². The second kappa shape index (κ2) is 5.50. The molecule has 0 radical (unpaired) electrons. The minimum atomic E-state index is -0.234. The molecule has 1 aliphatic rings. The summed E-state index contributed by atoms with van der Waals surface area (Å²) in [6.45, 7) is 4.18. The van der Waals surface area contributed by atoms with Gasteiger partial charge in [-0.25, -0.2) is 4.39 Å². The van der Waals surface area contributed by atoms with Crippen molar-refractivity contribution in [2.45, 2.75) is 45.2 Å². The van der Waals surface area contributed by atoms with Crippen LogP contribution in [0.3, 0.4) is 0 Å². The Kier molecular flexibility index (Phi) is 4.00. The summed E-state index contributed by atoms with van der Waals surface area (Å²) in [5, 5.41) is 0. The van der Waals surface area contributed by atoms with Crippen molar-refractivity contribution in [2.24, 2.45) is 0 Å². The number of hydrogen-bond donors (Lipinski definition) is 1. The van der Waals surface area contributed by atoms with E-state index in [0.29, 0.717) is 11.7 Å². The fourth-order valence-electron chi connectivity index (χ4n) is 2.57. The van der Waals surface area contributed by atoms with E-state index in [-0.39, 0.29) is 5.82 Å². The van der Waals surface area contributed by atoms with Gasteiger partial charge in [-0.2, -0.15) is 0 Å². The lowest BCUT2D eigenvalue weighted by Gasteiger charge is -2.27. The number of benzene rings is 1. The third kappa shape index (κ3) is 3.43. The van der Waals surface area contributed by atoms with E-state index in [9.17, 15) is 4.39 Å². The molecule has 1 aromatic rings. The number of anilines is 1. The summed E-state index contributed by atoms with van der Waals surface area (Å²) >= 11 is 0. The standard InChI is InChI=1S/C14H21FN2/c1-11-5-3-2-4-6-17(11)10-12-7-13(15)9-14(16)8-12/h7-9,11H,2-6,10,16H2,1H3. The number of rotatable bonds is 2. The summed E-state index contributed by atoms with van der Waals surface area (Å²) in [4.78, 5) is 2.43. The number of nitrogen functional groups attached to an aromatic ring is 1. The number of halogens is 1. The van der Waals surface area contributed by atoms with E-state index in [0.717, 1.165) is 18.7 Å². The summed E-state index contributed by atoms with van der Waals surface area (Å²) in [7, 11) is 0. The van der Waals surface area contributed by atoms with E-state index >= 15 is 0 Å². The maximum Gasteiger partial charge on any atom is 0.125 e. The first-order valence-corrected chi connectivity index (χ1v) is 6.44. The van der Waals surface area contributed by atoms with Gasteiger partial charge in [0.05, 0.1) is 0 Å². The fraction of sp³-hybridized carbons (Fsp3) is 0.571. The molecule has 94 valence electrons. The number of nitrogens with two attached hydrogens (primary N) is 1. The van der Waals surface area contributed by atoms with Crippen molar-refractivity contribution in [2.75, 3.05) is 12.3 Å². The van der Waals surface area contributed by atoms with E-state index in [1.165, 1.54) is 31.7 Å². The van der Waals surface area contributed by atoms with Crippen molar-refractivity contribution >= 4 is 5.69 Å². The highest BCUT2D eigenvalue weighted by Gasteiger charge is 2.17. The lowest BCUT2D eigenvalue weighted by molar-refractivity contribution is 0.204. The summed E-state index contributed by atoms with van der Waals surface area (Å²) in [5.41, 5.74) is 7.17. The first-order valence-electron chi connectivity index (χ1n) is 6.44. The van der Waals surface area contributed by atoms with Gasteiger partial charge >= 0.3 is 0 Å². The first-order chi connectivity index (χ1) is 8.15. The quantitative estimate of drug-likeness (QED) is 0.799. The molecule has 1 fully saturated rings. The third-order valence-electron chi connectivity index (χ3n) is 3.56. The van der Waals surface area contributed by atoms with Gasteiger partial charge in [0.2, 0.25) is 0 Å². The summed E-state index contributed by atoms with van der Waals surface area (Å²) in [5.74, 6) is -0.234. The van der Waals surface area contributed by atoms with Crippen LogP contribution >= 0.6 is 0 Å². The zero-order valence-corrected chi connectivity index (χ0v) is 10.5. The molecule has 2 rings (SSSR count). The molecule has 1 atom stereocenters. The van der Waals surface area contributed by atoms with Crippen LogP contribution in [-0.4, -0.2) is 17.5 Å². The molecule has 1 saturated heterocycles. The Morgan fingerprint density at radius 2 is 2.12 bits per heavy atom. The second-order valence-corrected chi connectivity index (χ2v) is 5.06. The van der Waals surface area contributed by atoms with Crippen molar-refractivity contribution in [3.8, 4) is 0 Å². The molecular weight excluding hydrogens is 215 g/mol. The third-order valence-corrected chi connectivity index (χ3v) is 3.56. The maximum atomic E-state index is 13.3. The van der Waals surface area contributed by atoms with Gasteiger partial charge in [0.25, 0.3) is 0 Å². The van der Waals surface area contributed by atoms with Gasteiger partial charge in [0.15, 0.2) is 0 Å². The summed E-state index contributed by atoms with van der Waals surface area (Å²) in [6.07, 6.45) is 5.11. The Hall–Kier alpha value is -1.09. The summed E-state index contributed by atoms with van der Waals surface area (Å²) < 4.78 is 13.3. The average molecular weight is 236 g/mol. The van der Waals surface area contributed by atoms with Crippen LogP contribution in [0.15, 0.2) is 18.2 Å². The predicted molar refractivity (Wildman–Crippen MR) is 69.2 cm³/mol. The van der Waals surface area contributed by atoms with Gasteiger partial charge in [-0.05, 0) is 50.1 Å². The maximum absolute atomic E-state index is 13.3. The lowest BCUT2D eigenvalue weighted by atomic mass is 10.1. The van der Waals surface area contributed by atoms with Gasteiger partial charge in [0.1, 0.15) is 5.82 Å². The minimum absolute atomic E-state index is 0.234. The van der Waals surface area contributed by atoms with E-state index in [4.69, 9.17) is 5.73 Å². The molecule has 0 aliphatic carbocycles. The summed E-state index contributed by atoms with van der Waals surface area (Å²) in [6, 6.07) is 5.42. The Bertz CT molecular complexity index is 358. The van der Waals surface area contributed by atoms with Crippen LogP contribution < -0.4 is 5.73 Å². The number of nitrogens with zero attached hydrogens (tertiary/aromatic N) is 1. The molecule has 0 bridgehead atoms. The van der Waals surface area contributed by atoms with Crippen LogP contribution in [0, 0.1) is 5.82 Å². The molecular formula is C14H21FN2. The molecule has 1 unspecified atom stereocenters. The fourth-order valence-corrected chi connectivity index (χ4v) is 2.57. The largest absolute Gasteiger partial charge is 0.399 e. The lowest BCUT2D eigenvalue weighted by Crippen LogP contribution is -2.32. The molecule has 0 saturated carbocycles. The van der Waals surface area contributed by atoms with Crippen LogP contribution in [0.2, 0.25) is 0 Å². The smallest absolute Gasteiger partial charge is 0.125 e. The van der Waals surface area contributed by atoms with Crippen LogP contribution in [0.5, 0.6) is 0 Å². The van der Waals surface area contributed by atoms with Gasteiger partial charge in [-0.3, -0.25) is 4.90 Å². The zero-order valence-electron chi connectivity index (χ0n) is 10.5. The van der Waals surface area contributed by atoms with E-state index in [1.807, 2.05) is 6.07 Å². The van der Waals surface area contributed by atoms with Crippen LogP contribution in [-0.2, 0) is 6.54 Å². The van der Waals surface area contributed by atoms with Gasteiger partial charge in [0, 0.05) is 18.3 Å². The second-order valence-electron chi connectivity index (χ2n) is 5.06. The molecule has 17 heavy (non-hydrogen) atoms. The molecule has 3 heteroatoms. The van der Waals surface area contributed by atoms with Crippen LogP contribution in [0.1, 0.15) is 38.2 Å². The van der Waals surface area contributed by atoms with E-state index in [2.05, 4.69) is 11.8 Å². The van der Waals surface area contributed by atoms with Gasteiger partial charge in [-0.15, -0.1) is 0 Å². The van der Waals surface area contributed by atoms with Crippen molar-refractivity contribution < 1.29 is 4.39 Å². The monoisotopic (exact) mass is 236 g/mol. The molecule has 2 nitrogen and oxygen atoms in total. The molecule has 1 aromatic carbocycles. The van der Waals surface area contributed by atoms with Crippen LogP contribution in [0.4, 0.5) is 10.1 Å². The highest BCUT2D eigenvalue weighted by Crippen LogP contribution is 2.20. The van der Waals surface area contributed by atoms with Crippen molar-refractivity contribution in [3.05, 3.63) is 29.6 Å². The van der Waals surface area contributed by atoms with E-state index in [1.54, 1.807) is 6.07 Å². The zero-order chi connectivity index (χ0) is 12.3. The molecule has 1 aliphatic heterocycles. The van der Waals surface area contributed by atoms with Gasteiger partial charge in [-0.1, -0.05) is 12.8 Å². The normalized spacial score (nSPS) is 22.4. The predicted octanol–water partition coefficient (Wildman–Crippen LogP) is 3.17. The molecule has 2 N–H and O–H groups in total. The van der Waals surface area contributed by atoms with Gasteiger partial charge < -0.3 is 5.73 Å². The Labute approximate surface area is 103 Å². The average Bonchev–Trinajstić information content (AvgIpc) is 2.43. The van der Waals surface area contributed by atoms with Crippen LogP contribution in [0.25, 0.3) is 0 Å². The topological polar surface area (TPSA) is 29.3 Å². The van der Waals surface area contributed by atoms with Crippen molar-refractivity contribution in [3.63, 3.8) is 0 Å². The Balaban J connectivity index is 2.07. The molecule has 0 spiro atoms.